The van der Waals surface area contributed by atoms with Crippen LogP contribution in [0.4, 0.5) is 0 Å². The van der Waals surface area contributed by atoms with Gasteiger partial charge in [0.05, 0.1) is 12.8 Å². The Balaban J connectivity index is 2.36. The van der Waals surface area contributed by atoms with E-state index in [1.165, 1.54) is 4.68 Å². The fourth-order valence-electron chi connectivity index (χ4n) is 0.961. The number of aromatic nitrogens is 4. The summed E-state index contributed by atoms with van der Waals surface area (Å²) in [6.07, 6.45) is 6.55. The summed E-state index contributed by atoms with van der Waals surface area (Å²) in [5.74, 6) is 0.502. The average molecular weight is 176 g/mol. The number of aliphatic hydroxyl groups excluding tert-OH is 1. The average Bonchev–Trinajstić information content (AvgIpc) is 2.67. The third kappa shape index (κ3) is 1.54. The van der Waals surface area contributed by atoms with E-state index in [4.69, 9.17) is 5.11 Å². The summed E-state index contributed by atoms with van der Waals surface area (Å²) in [7, 11) is 0. The van der Waals surface area contributed by atoms with Crippen molar-refractivity contribution in [1.82, 2.24) is 19.7 Å². The Labute approximate surface area is 74.7 Å². The number of rotatable bonds is 2. The SMILES string of the molecule is OCc1cnn(-c2ncccn2)c1. The Kier molecular flexibility index (Phi) is 2.01. The van der Waals surface area contributed by atoms with Gasteiger partial charge in [0.2, 0.25) is 5.95 Å². The third-order valence-electron chi connectivity index (χ3n) is 1.58. The van der Waals surface area contributed by atoms with E-state index in [0.29, 0.717) is 5.95 Å². The van der Waals surface area contributed by atoms with Crippen molar-refractivity contribution in [2.45, 2.75) is 6.61 Å². The van der Waals surface area contributed by atoms with E-state index in [1.54, 1.807) is 30.9 Å². The molecule has 5 nitrogen and oxygen atoms in total. The molecule has 0 spiro atoms. The summed E-state index contributed by atoms with van der Waals surface area (Å²) in [4.78, 5) is 8.01. The Hall–Kier alpha value is -1.75. The summed E-state index contributed by atoms with van der Waals surface area (Å²) in [6, 6.07) is 1.74. The van der Waals surface area contributed by atoms with Crippen molar-refractivity contribution in [3.8, 4) is 5.95 Å². The number of nitrogens with zero attached hydrogens (tertiary/aromatic N) is 4. The lowest BCUT2D eigenvalue weighted by Crippen LogP contribution is -1.99. The van der Waals surface area contributed by atoms with Gasteiger partial charge in [0, 0.05) is 24.2 Å². The van der Waals surface area contributed by atoms with Crippen LogP contribution in [0.2, 0.25) is 0 Å². The number of aliphatic hydroxyl groups is 1. The Morgan fingerprint density at radius 2 is 2.08 bits per heavy atom. The molecule has 2 rings (SSSR count). The molecule has 13 heavy (non-hydrogen) atoms. The van der Waals surface area contributed by atoms with Crippen LogP contribution in [-0.4, -0.2) is 24.9 Å². The lowest BCUT2D eigenvalue weighted by molar-refractivity contribution is 0.282. The topological polar surface area (TPSA) is 63.8 Å². The standard InChI is InChI=1S/C8H8N4O/c13-6-7-4-11-12(5-7)8-9-2-1-3-10-8/h1-5,13H,6H2. The monoisotopic (exact) mass is 176 g/mol. The first kappa shape index (κ1) is 7.88. The van der Waals surface area contributed by atoms with E-state index in [-0.39, 0.29) is 6.61 Å². The van der Waals surface area contributed by atoms with Gasteiger partial charge < -0.3 is 5.11 Å². The Bertz CT molecular complexity index is 384. The molecule has 0 aliphatic carbocycles. The second-order valence-corrected chi connectivity index (χ2v) is 2.50. The van der Waals surface area contributed by atoms with E-state index in [9.17, 15) is 0 Å². The molecular weight excluding hydrogens is 168 g/mol. The molecule has 0 bridgehead atoms. The molecule has 2 aromatic heterocycles. The van der Waals surface area contributed by atoms with Crippen molar-refractivity contribution in [2.24, 2.45) is 0 Å². The van der Waals surface area contributed by atoms with E-state index >= 15 is 0 Å². The highest BCUT2D eigenvalue weighted by Gasteiger charge is 2.00. The zero-order chi connectivity index (χ0) is 9.10. The van der Waals surface area contributed by atoms with Gasteiger partial charge in [0.1, 0.15) is 0 Å². The lowest BCUT2D eigenvalue weighted by Gasteiger charge is -1.95. The maximum absolute atomic E-state index is 8.80. The quantitative estimate of drug-likeness (QED) is 0.707. The maximum Gasteiger partial charge on any atom is 0.250 e. The van der Waals surface area contributed by atoms with Crippen LogP contribution in [0.1, 0.15) is 5.56 Å². The second kappa shape index (κ2) is 3.32. The van der Waals surface area contributed by atoms with Crippen LogP contribution in [0, 0.1) is 0 Å². The molecule has 5 heteroatoms. The summed E-state index contributed by atoms with van der Waals surface area (Å²) >= 11 is 0. The first-order valence-corrected chi connectivity index (χ1v) is 3.82. The molecule has 0 aromatic carbocycles. The fourth-order valence-corrected chi connectivity index (χ4v) is 0.961. The summed E-state index contributed by atoms with van der Waals surface area (Å²) < 4.78 is 1.52. The van der Waals surface area contributed by atoms with Gasteiger partial charge in [0.15, 0.2) is 0 Å². The first-order chi connectivity index (χ1) is 6.40. The predicted octanol–water partition coefficient (Wildman–Crippen LogP) is 0.155. The van der Waals surface area contributed by atoms with Crippen molar-refractivity contribution >= 4 is 0 Å². The van der Waals surface area contributed by atoms with Crippen molar-refractivity contribution in [3.05, 3.63) is 36.4 Å². The summed E-state index contributed by atoms with van der Waals surface area (Å²) in [5.41, 5.74) is 0.743. The van der Waals surface area contributed by atoms with Gasteiger partial charge in [-0.2, -0.15) is 5.10 Å². The maximum atomic E-state index is 8.80. The van der Waals surface area contributed by atoms with Crippen molar-refractivity contribution in [3.63, 3.8) is 0 Å². The van der Waals surface area contributed by atoms with E-state index in [1.807, 2.05) is 0 Å². The fraction of sp³-hybridized carbons (Fsp3) is 0.125. The van der Waals surface area contributed by atoms with Gasteiger partial charge in [-0.15, -0.1) is 0 Å². The smallest absolute Gasteiger partial charge is 0.250 e. The van der Waals surface area contributed by atoms with Crippen molar-refractivity contribution in [1.29, 1.82) is 0 Å². The molecule has 2 aromatic rings. The van der Waals surface area contributed by atoms with Gasteiger partial charge in [-0.25, -0.2) is 14.6 Å². The van der Waals surface area contributed by atoms with E-state index in [2.05, 4.69) is 15.1 Å². The highest BCUT2D eigenvalue weighted by molar-refractivity contribution is 5.12. The van der Waals surface area contributed by atoms with Gasteiger partial charge in [-0.05, 0) is 6.07 Å². The molecule has 0 fully saturated rings. The minimum absolute atomic E-state index is 0.0210. The minimum atomic E-state index is -0.0210. The largest absolute Gasteiger partial charge is 0.392 e. The molecular formula is C8H8N4O. The zero-order valence-electron chi connectivity index (χ0n) is 6.83. The highest BCUT2D eigenvalue weighted by atomic mass is 16.3. The van der Waals surface area contributed by atoms with Crippen LogP contribution in [0.25, 0.3) is 5.95 Å². The second-order valence-electron chi connectivity index (χ2n) is 2.50. The van der Waals surface area contributed by atoms with E-state index < -0.39 is 0 Å². The van der Waals surface area contributed by atoms with Gasteiger partial charge in [-0.3, -0.25) is 0 Å². The van der Waals surface area contributed by atoms with Crippen molar-refractivity contribution in [2.75, 3.05) is 0 Å². The molecule has 0 radical (unpaired) electrons. The highest BCUT2D eigenvalue weighted by Crippen LogP contribution is 2.01. The van der Waals surface area contributed by atoms with Gasteiger partial charge in [0.25, 0.3) is 0 Å². The Morgan fingerprint density at radius 1 is 1.31 bits per heavy atom. The number of hydrogen-bond donors (Lipinski definition) is 1. The first-order valence-electron chi connectivity index (χ1n) is 3.82. The van der Waals surface area contributed by atoms with Crippen molar-refractivity contribution < 1.29 is 5.11 Å². The normalized spacial score (nSPS) is 10.2. The molecule has 0 amide bonds. The summed E-state index contributed by atoms with van der Waals surface area (Å²) in [6.45, 7) is -0.0210. The molecule has 2 heterocycles. The van der Waals surface area contributed by atoms with Crippen LogP contribution in [0.5, 0.6) is 0 Å². The molecule has 0 aliphatic rings. The molecule has 0 aliphatic heterocycles. The van der Waals surface area contributed by atoms with Crippen LogP contribution < -0.4 is 0 Å². The van der Waals surface area contributed by atoms with Crippen LogP contribution in [0.3, 0.4) is 0 Å². The third-order valence-corrected chi connectivity index (χ3v) is 1.58. The van der Waals surface area contributed by atoms with Crippen LogP contribution in [0.15, 0.2) is 30.9 Å². The van der Waals surface area contributed by atoms with Gasteiger partial charge >= 0.3 is 0 Å². The molecule has 0 atom stereocenters. The predicted molar refractivity (Wildman–Crippen MR) is 45.1 cm³/mol. The molecule has 0 unspecified atom stereocenters. The molecule has 0 saturated carbocycles. The lowest BCUT2D eigenvalue weighted by atomic mass is 10.4. The zero-order valence-corrected chi connectivity index (χ0v) is 6.83. The minimum Gasteiger partial charge on any atom is -0.392 e. The van der Waals surface area contributed by atoms with Crippen LogP contribution in [-0.2, 0) is 6.61 Å². The van der Waals surface area contributed by atoms with E-state index in [0.717, 1.165) is 5.56 Å². The molecule has 0 saturated heterocycles. The van der Waals surface area contributed by atoms with Crippen LogP contribution >= 0.6 is 0 Å². The molecule has 1 N–H and O–H groups in total. The Morgan fingerprint density at radius 3 is 2.69 bits per heavy atom. The number of hydrogen-bond acceptors (Lipinski definition) is 4. The summed E-state index contributed by atoms with van der Waals surface area (Å²) in [5, 5.41) is 12.8. The molecule has 66 valence electrons. The van der Waals surface area contributed by atoms with Gasteiger partial charge in [-0.1, -0.05) is 0 Å².